The molecule has 12 heavy (non-hydrogen) atoms. The summed E-state index contributed by atoms with van der Waals surface area (Å²) in [7, 11) is 0. The Morgan fingerprint density at radius 1 is 1.42 bits per heavy atom. The smallest absolute Gasteiger partial charge is 0.180 e. The second kappa shape index (κ2) is 2.59. The zero-order valence-corrected chi connectivity index (χ0v) is 7.98. The van der Waals surface area contributed by atoms with Gasteiger partial charge in [0.15, 0.2) is 11.4 Å². The second-order valence-electron chi connectivity index (χ2n) is 2.64. The van der Waals surface area contributed by atoms with E-state index in [0.29, 0.717) is 10.1 Å². The third-order valence-electron chi connectivity index (χ3n) is 1.70. The van der Waals surface area contributed by atoms with E-state index in [9.17, 15) is 4.39 Å². The molecule has 2 rings (SSSR count). The average Bonchev–Trinajstić information content (AvgIpc) is 2.39. The van der Waals surface area contributed by atoms with Crippen molar-refractivity contribution in [2.24, 2.45) is 0 Å². The van der Waals surface area contributed by atoms with Crippen LogP contribution in [0.2, 0.25) is 0 Å². The van der Waals surface area contributed by atoms with Gasteiger partial charge in [-0.3, -0.25) is 0 Å². The molecule has 0 aliphatic heterocycles. The van der Waals surface area contributed by atoms with Gasteiger partial charge in [-0.25, -0.2) is 4.39 Å². The topological polar surface area (TPSA) is 13.1 Å². The number of rotatable bonds is 0. The molecular weight excluding hydrogens is 223 g/mol. The monoisotopic (exact) mass is 228 g/mol. The first-order valence-electron chi connectivity index (χ1n) is 3.52. The molecule has 0 fully saturated rings. The zero-order chi connectivity index (χ0) is 8.72. The van der Waals surface area contributed by atoms with Crippen LogP contribution in [0.15, 0.2) is 27.1 Å². The molecule has 0 saturated carbocycles. The van der Waals surface area contributed by atoms with Crippen LogP contribution in [0, 0.1) is 12.7 Å². The largest absolute Gasteiger partial charge is 0.458 e. The van der Waals surface area contributed by atoms with Gasteiger partial charge in [-0.15, -0.1) is 0 Å². The van der Waals surface area contributed by atoms with E-state index in [0.717, 1.165) is 11.1 Å². The minimum absolute atomic E-state index is 0.321. The van der Waals surface area contributed by atoms with E-state index >= 15 is 0 Å². The Hall–Kier alpha value is -0.830. The minimum atomic E-state index is -0.333. The van der Waals surface area contributed by atoms with E-state index in [1.54, 1.807) is 13.0 Å². The van der Waals surface area contributed by atoms with Gasteiger partial charge in [0.05, 0.1) is 4.47 Å². The van der Waals surface area contributed by atoms with Crippen LogP contribution < -0.4 is 0 Å². The Morgan fingerprint density at radius 2 is 2.17 bits per heavy atom. The molecule has 1 aromatic heterocycles. The number of furan rings is 1. The lowest BCUT2D eigenvalue weighted by molar-refractivity contribution is 0.536. The summed E-state index contributed by atoms with van der Waals surface area (Å²) in [5.74, 6) is 0.391. The van der Waals surface area contributed by atoms with Crippen molar-refractivity contribution in [2.75, 3.05) is 0 Å². The molecular formula is C9H6BrFO. The normalized spacial score (nSPS) is 10.9. The number of fused-ring (bicyclic) bond motifs is 1. The number of aryl methyl sites for hydroxylation is 1. The Balaban J connectivity index is 2.89. The maximum absolute atomic E-state index is 13.3. The van der Waals surface area contributed by atoms with Gasteiger partial charge >= 0.3 is 0 Å². The second-order valence-corrected chi connectivity index (χ2v) is 3.49. The van der Waals surface area contributed by atoms with E-state index in [1.807, 2.05) is 12.1 Å². The first-order chi connectivity index (χ1) is 5.68. The summed E-state index contributed by atoms with van der Waals surface area (Å²) in [6.45, 7) is 1.80. The summed E-state index contributed by atoms with van der Waals surface area (Å²) in [6.07, 6.45) is 0. The molecule has 2 aromatic rings. The van der Waals surface area contributed by atoms with Gasteiger partial charge in [0, 0.05) is 5.39 Å². The molecule has 0 unspecified atom stereocenters. The Bertz CT molecular complexity index is 433. The Morgan fingerprint density at radius 3 is 2.92 bits per heavy atom. The molecule has 0 bridgehead atoms. The lowest BCUT2D eigenvalue weighted by Gasteiger charge is -1.92. The summed E-state index contributed by atoms with van der Waals surface area (Å²) in [4.78, 5) is 0. The molecule has 62 valence electrons. The summed E-state index contributed by atoms with van der Waals surface area (Å²) in [5, 5.41) is 0.799. The van der Waals surface area contributed by atoms with Crippen molar-refractivity contribution in [1.82, 2.24) is 0 Å². The molecule has 0 radical (unpaired) electrons. The molecule has 0 aliphatic rings. The quantitative estimate of drug-likeness (QED) is 0.672. The highest BCUT2D eigenvalue weighted by Crippen LogP contribution is 2.26. The standard InChI is InChI=1S/C9H6BrFO/c1-5-4-6-2-3-7(10)8(11)9(6)12-5/h2-4H,1H3. The molecule has 1 aromatic carbocycles. The van der Waals surface area contributed by atoms with Crippen molar-refractivity contribution < 1.29 is 8.81 Å². The van der Waals surface area contributed by atoms with Gasteiger partial charge in [-0.05, 0) is 41.1 Å². The molecule has 0 spiro atoms. The third-order valence-corrected chi connectivity index (χ3v) is 2.31. The first kappa shape index (κ1) is 7.80. The van der Waals surface area contributed by atoms with Gasteiger partial charge in [0.1, 0.15) is 5.76 Å². The van der Waals surface area contributed by atoms with Crippen LogP contribution in [-0.2, 0) is 0 Å². The molecule has 0 saturated heterocycles. The van der Waals surface area contributed by atoms with Crippen LogP contribution >= 0.6 is 15.9 Å². The summed E-state index contributed by atoms with van der Waals surface area (Å²) in [5.41, 5.74) is 0.321. The van der Waals surface area contributed by atoms with Crippen LogP contribution in [0.5, 0.6) is 0 Å². The molecule has 3 heteroatoms. The SMILES string of the molecule is Cc1cc2ccc(Br)c(F)c2o1. The Labute approximate surface area is 77.3 Å². The fraction of sp³-hybridized carbons (Fsp3) is 0.111. The van der Waals surface area contributed by atoms with Crippen molar-refractivity contribution in [1.29, 1.82) is 0 Å². The molecule has 1 heterocycles. The van der Waals surface area contributed by atoms with Gasteiger partial charge in [-0.2, -0.15) is 0 Å². The van der Waals surface area contributed by atoms with Crippen molar-refractivity contribution in [3.63, 3.8) is 0 Å². The zero-order valence-electron chi connectivity index (χ0n) is 6.40. The van der Waals surface area contributed by atoms with E-state index in [-0.39, 0.29) is 5.82 Å². The number of hydrogen-bond donors (Lipinski definition) is 0. The summed E-state index contributed by atoms with van der Waals surface area (Å²) in [6, 6.07) is 5.30. The predicted octanol–water partition coefficient (Wildman–Crippen LogP) is 3.64. The van der Waals surface area contributed by atoms with E-state index in [1.165, 1.54) is 0 Å². The van der Waals surface area contributed by atoms with E-state index < -0.39 is 0 Å². The number of benzene rings is 1. The maximum atomic E-state index is 13.3. The third kappa shape index (κ3) is 1.05. The Kier molecular flexibility index (Phi) is 1.68. The first-order valence-corrected chi connectivity index (χ1v) is 4.32. The van der Waals surface area contributed by atoms with Crippen LogP contribution in [0.25, 0.3) is 11.0 Å². The van der Waals surface area contributed by atoms with Crippen LogP contribution in [0.3, 0.4) is 0 Å². The van der Waals surface area contributed by atoms with Crippen LogP contribution in [0.4, 0.5) is 4.39 Å². The highest BCUT2D eigenvalue weighted by molar-refractivity contribution is 9.10. The number of hydrogen-bond acceptors (Lipinski definition) is 1. The summed E-state index contributed by atoms with van der Waals surface area (Å²) >= 11 is 3.09. The van der Waals surface area contributed by atoms with E-state index in [2.05, 4.69) is 15.9 Å². The van der Waals surface area contributed by atoms with Gasteiger partial charge in [0.25, 0.3) is 0 Å². The summed E-state index contributed by atoms with van der Waals surface area (Å²) < 4.78 is 18.9. The van der Waals surface area contributed by atoms with Crippen molar-refractivity contribution >= 4 is 26.9 Å². The van der Waals surface area contributed by atoms with Gasteiger partial charge in [-0.1, -0.05) is 0 Å². The maximum Gasteiger partial charge on any atom is 0.180 e. The molecule has 0 atom stereocenters. The molecule has 0 N–H and O–H groups in total. The van der Waals surface area contributed by atoms with Gasteiger partial charge < -0.3 is 4.42 Å². The lowest BCUT2D eigenvalue weighted by Crippen LogP contribution is -1.75. The molecule has 0 aliphatic carbocycles. The van der Waals surface area contributed by atoms with Crippen LogP contribution in [-0.4, -0.2) is 0 Å². The average molecular weight is 229 g/mol. The fourth-order valence-electron chi connectivity index (χ4n) is 1.17. The predicted molar refractivity (Wildman–Crippen MR) is 48.6 cm³/mol. The molecule has 1 nitrogen and oxygen atoms in total. The molecule has 0 amide bonds. The highest BCUT2D eigenvalue weighted by atomic mass is 79.9. The van der Waals surface area contributed by atoms with Gasteiger partial charge in [0.2, 0.25) is 0 Å². The van der Waals surface area contributed by atoms with Crippen molar-refractivity contribution in [3.8, 4) is 0 Å². The number of halogens is 2. The lowest BCUT2D eigenvalue weighted by atomic mass is 10.2. The van der Waals surface area contributed by atoms with Crippen LogP contribution in [0.1, 0.15) is 5.76 Å². The van der Waals surface area contributed by atoms with Crippen molar-refractivity contribution in [2.45, 2.75) is 6.92 Å². The van der Waals surface area contributed by atoms with E-state index in [4.69, 9.17) is 4.42 Å². The van der Waals surface area contributed by atoms with Crippen molar-refractivity contribution in [3.05, 3.63) is 34.2 Å². The minimum Gasteiger partial charge on any atom is -0.458 e. The highest BCUT2D eigenvalue weighted by Gasteiger charge is 2.08. The fourth-order valence-corrected chi connectivity index (χ4v) is 1.49.